The van der Waals surface area contributed by atoms with E-state index in [0.29, 0.717) is 0 Å². The molecular formula is C11H10BrClOS2. The normalized spacial score (nSPS) is 12.8. The molecule has 1 nitrogen and oxygen atoms in total. The van der Waals surface area contributed by atoms with Gasteiger partial charge in [-0.3, -0.25) is 0 Å². The van der Waals surface area contributed by atoms with Gasteiger partial charge >= 0.3 is 0 Å². The van der Waals surface area contributed by atoms with Crippen LogP contribution in [-0.2, 0) is 0 Å². The minimum atomic E-state index is 0.165. The molecule has 86 valence electrons. The molecule has 0 saturated heterocycles. The standard InChI is InChI=1S/C11H10BrClOS2/c1-6-5-8(16-11(6)13)9(12)10-7(14-2)3-4-15-10/h3-5,9H,1-2H3. The maximum atomic E-state index is 6.08. The number of rotatable bonds is 3. The summed E-state index contributed by atoms with van der Waals surface area (Å²) in [6.07, 6.45) is 0. The lowest BCUT2D eigenvalue weighted by Gasteiger charge is -2.07. The highest BCUT2D eigenvalue weighted by molar-refractivity contribution is 9.09. The van der Waals surface area contributed by atoms with E-state index in [4.69, 9.17) is 16.3 Å². The highest BCUT2D eigenvalue weighted by Crippen LogP contribution is 2.44. The Bertz CT molecular complexity index is 472. The Hall–Kier alpha value is -0.0300. The molecule has 1 unspecified atom stereocenters. The molecule has 0 amide bonds. The smallest absolute Gasteiger partial charge is 0.134 e. The van der Waals surface area contributed by atoms with Crippen LogP contribution in [0.15, 0.2) is 17.5 Å². The summed E-state index contributed by atoms with van der Waals surface area (Å²) in [5, 5.41) is 2.03. The van der Waals surface area contributed by atoms with Crippen LogP contribution in [0.5, 0.6) is 5.75 Å². The fourth-order valence-corrected chi connectivity index (χ4v) is 4.49. The van der Waals surface area contributed by atoms with Gasteiger partial charge in [-0.05, 0) is 30.0 Å². The molecule has 2 rings (SSSR count). The van der Waals surface area contributed by atoms with Crippen molar-refractivity contribution in [2.75, 3.05) is 7.11 Å². The first-order valence-electron chi connectivity index (χ1n) is 4.64. The van der Waals surface area contributed by atoms with Crippen LogP contribution in [0.3, 0.4) is 0 Å². The summed E-state index contributed by atoms with van der Waals surface area (Å²) in [6, 6.07) is 4.10. The Morgan fingerprint density at radius 3 is 2.81 bits per heavy atom. The van der Waals surface area contributed by atoms with Gasteiger partial charge in [-0.25, -0.2) is 0 Å². The van der Waals surface area contributed by atoms with E-state index in [9.17, 15) is 0 Å². The van der Waals surface area contributed by atoms with Gasteiger partial charge in [0.05, 0.1) is 21.2 Å². The van der Waals surface area contributed by atoms with Crippen molar-refractivity contribution in [1.29, 1.82) is 0 Å². The topological polar surface area (TPSA) is 9.23 Å². The Morgan fingerprint density at radius 2 is 2.25 bits per heavy atom. The molecule has 1 atom stereocenters. The lowest BCUT2D eigenvalue weighted by Crippen LogP contribution is -1.90. The van der Waals surface area contributed by atoms with Crippen LogP contribution in [0.2, 0.25) is 4.34 Å². The number of thiophene rings is 2. The third-order valence-corrected chi connectivity index (χ3v) is 6.37. The third kappa shape index (κ3) is 2.30. The fraction of sp³-hybridized carbons (Fsp3) is 0.273. The molecule has 0 spiro atoms. The Labute approximate surface area is 116 Å². The monoisotopic (exact) mass is 336 g/mol. The molecule has 0 saturated carbocycles. The van der Waals surface area contributed by atoms with Gasteiger partial charge in [-0.2, -0.15) is 0 Å². The largest absolute Gasteiger partial charge is 0.496 e. The summed E-state index contributed by atoms with van der Waals surface area (Å²) in [5.74, 6) is 0.925. The van der Waals surface area contributed by atoms with Gasteiger partial charge in [0.25, 0.3) is 0 Å². The second kappa shape index (κ2) is 5.08. The van der Waals surface area contributed by atoms with Crippen molar-refractivity contribution in [2.24, 2.45) is 0 Å². The van der Waals surface area contributed by atoms with E-state index < -0.39 is 0 Å². The lowest BCUT2D eigenvalue weighted by molar-refractivity contribution is 0.413. The third-order valence-electron chi connectivity index (χ3n) is 2.23. The molecule has 16 heavy (non-hydrogen) atoms. The van der Waals surface area contributed by atoms with Crippen LogP contribution in [0.4, 0.5) is 0 Å². The molecule has 0 aliphatic heterocycles. The van der Waals surface area contributed by atoms with Crippen molar-refractivity contribution < 1.29 is 4.74 Å². The molecule has 0 fully saturated rings. The van der Waals surface area contributed by atoms with Gasteiger partial charge in [-0.1, -0.05) is 27.5 Å². The second-order valence-electron chi connectivity index (χ2n) is 3.32. The van der Waals surface area contributed by atoms with Gasteiger partial charge in [0, 0.05) is 4.88 Å². The quantitative estimate of drug-likeness (QED) is 0.694. The van der Waals surface area contributed by atoms with E-state index in [0.717, 1.165) is 15.6 Å². The number of ether oxygens (including phenoxy) is 1. The lowest BCUT2D eigenvalue weighted by atomic mass is 10.2. The molecule has 0 aliphatic carbocycles. The summed E-state index contributed by atoms with van der Waals surface area (Å²) < 4.78 is 6.17. The van der Waals surface area contributed by atoms with Crippen LogP contribution >= 0.6 is 50.2 Å². The number of aryl methyl sites for hydroxylation is 1. The summed E-state index contributed by atoms with van der Waals surface area (Å²) in [6.45, 7) is 2.02. The highest BCUT2D eigenvalue weighted by Gasteiger charge is 2.19. The maximum Gasteiger partial charge on any atom is 0.134 e. The van der Waals surface area contributed by atoms with Crippen molar-refractivity contribution >= 4 is 50.2 Å². The Kier molecular flexibility index (Phi) is 3.95. The minimum absolute atomic E-state index is 0.165. The van der Waals surface area contributed by atoms with Crippen LogP contribution in [-0.4, -0.2) is 7.11 Å². The van der Waals surface area contributed by atoms with E-state index in [1.807, 2.05) is 18.4 Å². The van der Waals surface area contributed by atoms with Crippen molar-refractivity contribution in [3.8, 4) is 5.75 Å². The van der Waals surface area contributed by atoms with Gasteiger partial charge in [0.1, 0.15) is 5.75 Å². The van der Waals surface area contributed by atoms with Crippen LogP contribution in [0.1, 0.15) is 20.1 Å². The van der Waals surface area contributed by atoms with Crippen molar-refractivity contribution in [1.82, 2.24) is 0 Å². The SMILES string of the molecule is COc1ccsc1C(Br)c1cc(C)c(Cl)s1. The van der Waals surface area contributed by atoms with E-state index in [1.165, 1.54) is 9.75 Å². The van der Waals surface area contributed by atoms with Crippen molar-refractivity contribution in [2.45, 2.75) is 11.8 Å². The number of halogens is 2. The Morgan fingerprint density at radius 1 is 1.50 bits per heavy atom. The van der Waals surface area contributed by atoms with Gasteiger partial charge in [-0.15, -0.1) is 22.7 Å². The van der Waals surface area contributed by atoms with Crippen LogP contribution < -0.4 is 4.74 Å². The van der Waals surface area contributed by atoms with E-state index in [1.54, 1.807) is 29.8 Å². The predicted molar refractivity (Wildman–Crippen MR) is 75.7 cm³/mol. The molecule has 0 bridgehead atoms. The van der Waals surface area contributed by atoms with E-state index in [2.05, 4.69) is 22.0 Å². The van der Waals surface area contributed by atoms with Crippen LogP contribution in [0, 0.1) is 6.92 Å². The highest BCUT2D eigenvalue weighted by atomic mass is 79.9. The molecule has 2 heterocycles. The average Bonchev–Trinajstić information content (AvgIpc) is 2.85. The second-order valence-corrected chi connectivity index (χ2v) is 6.87. The average molecular weight is 338 g/mol. The minimum Gasteiger partial charge on any atom is -0.496 e. The summed E-state index contributed by atoms with van der Waals surface area (Å²) >= 11 is 13.1. The first-order chi connectivity index (χ1) is 7.63. The molecule has 0 aliphatic rings. The number of hydrogen-bond donors (Lipinski definition) is 0. The number of hydrogen-bond acceptors (Lipinski definition) is 3. The molecule has 0 aromatic carbocycles. The van der Waals surface area contributed by atoms with E-state index >= 15 is 0 Å². The molecular weight excluding hydrogens is 328 g/mol. The zero-order valence-electron chi connectivity index (χ0n) is 8.79. The zero-order chi connectivity index (χ0) is 11.7. The molecule has 2 aromatic heterocycles. The summed E-state index contributed by atoms with van der Waals surface area (Å²) in [5.41, 5.74) is 1.13. The van der Waals surface area contributed by atoms with Crippen LogP contribution in [0.25, 0.3) is 0 Å². The number of alkyl halides is 1. The molecule has 0 radical (unpaired) electrons. The molecule has 2 aromatic rings. The maximum absolute atomic E-state index is 6.08. The van der Waals surface area contributed by atoms with Gasteiger partial charge < -0.3 is 4.74 Å². The van der Waals surface area contributed by atoms with Gasteiger partial charge in [0.15, 0.2) is 0 Å². The van der Waals surface area contributed by atoms with Crippen molar-refractivity contribution in [3.63, 3.8) is 0 Å². The predicted octanol–water partition coefficient (Wildman–Crippen LogP) is 5.26. The molecule has 5 heteroatoms. The first kappa shape index (κ1) is 12.4. The first-order valence-corrected chi connectivity index (χ1v) is 7.63. The molecule has 0 N–H and O–H groups in total. The van der Waals surface area contributed by atoms with Crippen molar-refractivity contribution in [3.05, 3.63) is 37.2 Å². The Balaban J connectivity index is 2.35. The summed E-state index contributed by atoms with van der Waals surface area (Å²) in [4.78, 5) is 2.56. The van der Waals surface area contributed by atoms with E-state index in [-0.39, 0.29) is 4.83 Å². The zero-order valence-corrected chi connectivity index (χ0v) is 12.8. The van der Waals surface area contributed by atoms with Gasteiger partial charge in [0.2, 0.25) is 0 Å². The summed E-state index contributed by atoms with van der Waals surface area (Å²) in [7, 11) is 1.69. The fourth-order valence-electron chi connectivity index (χ4n) is 1.40. The number of methoxy groups -OCH3 is 1.